The molecule has 1 amide bonds. The van der Waals surface area contributed by atoms with E-state index in [9.17, 15) is 18.5 Å². The lowest BCUT2D eigenvalue weighted by atomic mass is 9.98. The fourth-order valence-corrected chi connectivity index (χ4v) is 6.45. The number of nitriles is 1. The molecule has 0 spiro atoms. The maximum absolute atomic E-state index is 13.6. The lowest BCUT2D eigenvalue weighted by Gasteiger charge is -2.37. The van der Waals surface area contributed by atoms with Gasteiger partial charge in [-0.15, -0.1) is 0 Å². The van der Waals surface area contributed by atoms with E-state index in [-0.39, 0.29) is 16.8 Å². The number of piperazine rings is 1. The summed E-state index contributed by atoms with van der Waals surface area (Å²) in [6.07, 6.45) is 3.39. The molecular weight excluding hydrogens is 538 g/mol. The van der Waals surface area contributed by atoms with E-state index in [2.05, 4.69) is 28.2 Å². The number of pyridine rings is 1. The molecule has 3 N–H and O–H groups in total. The number of hydrogen-bond acceptors (Lipinski definition) is 8. The Bertz CT molecular complexity index is 1590. The Kier molecular flexibility index (Phi) is 8.15. The van der Waals surface area contributed by atoms with Gasteiger partial charge in [-0.25, -0.2) is 18.5 Å². The van der Waals surface area contributed by atoms with Crippen LogP contribution in [0.15, 0.2) is 59.6 Å². The van der Waals surface area contributed by atoms with E-state index >= 15 is 0 Å². The van der Waals surface area contributed by atoms with Crippen molar-refractivity contribution in [1.29, 1.82) is 5.26 Å². The van der Waals surface area contributed by atoms with Crippen LogP contribution in [-0.2, 0) is 10.0 Å². The summed E-state index contributed by atoms with van der Waals surface area (Å²) in [6.45, 7) is 7.53. The van der Waals surface area contributed by atoms with Gasteiger partial charge in [0, 0.05) is 62.8 Å². The molecule has 41 heavy (non-hydrogen) atoms. The molecule has 0 unspecified atom stereocenters. The first-order chi connectivity index (χ1) is 19.7. The maximum atomic E-state index is 13.6. The number of nitrogens with one attached hydrogen (secondary N) is 1. The number of aromatic nitrogens is 1. The first-order valence-electron chi connectivity index (χ1n) is 13.8. The van der Waals surface area contributed by atoms with Gasteiger partial charge < -0.3 is 20.0 Å². The molecule has 1 aromatic heterocycles. The molecule has 2 saturated heterocycles. The van der Waals surface area contributed by atoms with Crippen molar-refractivity contribution in [3.05, 3.63) is 77.0 Å². The molecule has 2 aliphatic rings. The molecule has 0 atom stereocenters. The molecule has 3 heterocycles. The lowest BCUT2D eigenvalue weighted by molar-refractivity contribution is 0.0745. The van der Waals surface area contributed by atoms with Crippen LogP contribution in [0.25, 0.3) is 0 Å². The van der Waals surface area contributed by atoms with E-state index < -0.39 is 10.0 Å². The van der Waals surface area contributed by atoms with Crippen LogP contribution in [0.1, 0.15) is 39.9 Å². The minimum atomic E-state index is -3.91. The minimum Gasteiger partial charge on any atom is -0.382 e. The van der Waals surface area contributed by atoms with E-state index in [1.165, 1.54) is 6.07 Å². The molecule has 0 aliphatic carbocycles. The smallest absolute Gasteiger partial charge is 0.254 e. The topological polar surface area (TPSA) is 136 Å². The van der Waals surface area contributed by atoms with E-state index in [0.717, 1.165) is 48.4 Å². The first kappa shape index (κ1) is 28.4. The fourth-order valence-electron chi connectivity index (χ4n) is 5.75. The van der Waals surface area contributed by atoms with Gasteiger partial charge in [-0.05, 0) is 68.1 Å². The van der Waals surface area contributed by atoms with E-state index in [1.54, 1.807) is 12.3 Å². The van der Waals surface area contributed by atoms with Gasteiger partial charge in [0.15, 0.2) is 0 Å². The van der Waals surface area contributed by atoms with Crippen LogP contribution in [0.4, 0.5) is 17.2 Å². The number of nitrogens with two attached hydrogens (primary N) is 1. The van der Waals surface area contributed by atoms with Crippen molar-refractivity contribution in [1.82, 2.24) is 9.88 Å². The van der Waals surface area contributed by atoms with Gasteiger partial charge in [-0.1, -0.05) is 18.2 Å². The first-order valence-corrected chi connectivity index (χ1v) is 15.3. The fraction of sp³-hybridized carbons (Fsp3) is 0.367. The van der Waals surface area contributed by atoms with Gasteiger partial charge in [-0.3, -0.25) is 4.79 Å². The van der Waals surface area contributed by atoms with Gasteiger partial charge in [0.05, 0.1) is 11.3 Å². The van der Waals surface area contributed by atoms with E-state index in [1.807, 2.05) is 53.1 Å². The van der Waals surface area contributed by atoms with E-state index in [0.29, 0.717) is 43.1 Å². The molecular formula is C30H35N7O3S. The average Bonchev–Trinajstić information content (AvgIpc) is 2.99. The van der Waals surface area contributed by atoms with Crippen molar-refractivity contribution >= 4 is 33.1 Å². The van der Waals surface area contributed by atoms with E-state index in [4.69, 9.17) is 5.14 Å². The molecule has 0 radical (unpaired) electrons. The highest BCUT2D eigenvalue weighted by atomic mass is 32.2. The monoisotopic (exact) mass is 573 g/mol. The number of primary sulfonamides is 1. The maximum Gasteiger partial charge on any atom is 0.254 e. The number of para-hydroxylation sites is 1. The SMILES string of the molecule is Cc1ccc(C(=O)N2CCN(c3ncccc3S(N)(=O)=O)CC2)c(C)c1NC1CCN(c2ccccc2C#N)CC1. The Morgan fingerprint density at radius 2 is 1.68 bits per heavy atom. The van der Waals surface area contributed by atoms with Crippen LogP contribution in [0.5, 0.6) is 0 Å². The van der Waals surface area contributed by atoms with Crippen LogP contribution in [0.3, 0.4) is 0 Å². The third-order valence-corrected chi connectivity index (χ3v) is 8.97. The predicted octanol–water partition coefficient (Wildman–Crippen LogP) is 3.26. The van der Waals surface area contributed by atoms with Crippen LogP contribution in [0.2, 0.25) is 0 Å². The van der Waals surface area contributed by atoms with Gasteiger partial charge in [0.2, 0.25) is 10.0 Å². The summed E-state index contributed by atoms with van der Waals surface area (Å²) < 4.78 is 24.1. The zero-order valence-corrected chi connectivity index (χ0v) is 24.2. The Labute approximate surface area is 241 Å². The third kappa shape index (κ3) is 5.99. The molecule has 0 bridgehead atoms. The predicted molar refractivity (Wildman–Crippen MR) is 160 cm³/mol. The standard InChI is InChI=1S/C30H35N7O3S/c1-21-9-10-25(30(38)37-18-16-36(17-19-37)29-27(41(32,39)40)8-5-13-33-29)22(2)28(21)34-24-11-14-35(15-12-24)26-7-4-3-6-23(26)20-31/h3-10,13,24,34H,11-12,14-19H2,1-2H3,(H2,32,39,40). The summed E-state index contributed by atoms with van der Waals surface area (Å²) in [6, 6.07) is 17.2. The number of rotatable bonds is 6. The quantitative estimate of drug-likeness (QED) is 0.459. The number of anilines is 3. The largest absolute Gasteiger partial charge is 0.382 e. The van der Waals surface area contributed by atoms with Crippen molar-refractivity contribution < 1.29 is 13.2 Å². The Balaban J connectivity index is 1.24. The number of carbonyl (C=O) groups is 1. The summed E-state index contributed by atoms with van der Waals surface area (Å²) in [7, 11) is -3.91. The summed E-state index contributed by atoms with van der Waals surface area (Å²) in [5, 5.41) is 18.6. The van der Waals surface area contributed by atoms with Gasteiger partial charge in [0.25, 0.3) is 5.91 Å². The number of nitrogens with zero attached hydrogens (tertiary/aromatic N) is 5. The van der Waals surface area contributed by atoms with Crippen molar-refractivity contribution in [2.45, 2.75) is 37.6 Å². The normalized spacial score (nSPS) is 16.4. The second-order valence-corrected chi connectivity index (χ2v) is 12.1. The molecule has 0 saturated carbocycles. The highest BCUT2D eigenvalue weighted by molar-refractivity contribution is 7.89. The Hall–Kier alpha value is -4.14. The molecule has 10 nitrogen and oxygen atoms in total. The van der Waals surface area contributed by atoms with Crippen LogP contribution >= 0.6 is 0 Å². The van der Waals surface area contributed by atoms with Crippen LogP contribution in [0, 0.1) is 25.2 Å². The second-order valence-electron chi connectivity index (χ2n) is 10.6. The van der Waals surface area contributed by atoms with Crippen LogP contribution < -0.4 is 20.3 Å². The molecule has 11 heteroatoms. The molecule has 3 aromatic rings. The van der Waals surface area contributed by atoms with Gasteiger partial charge >= 0.3 is 0 Å². The molecule has 214 valence electrons. The highest BCUT2D eigenvalue weighted by Crippen LogP contribution is 2.30. The van der Waals surface area contributed by atoms with Crippen molar-refractivity contribution in [3.63, 3.8) is 0 Å². The molecule has 2 aliphatic heterocycles. The lowest BCUT2D eigenvalue weighted by Crippen LogP contribution is -2.49. The number of benzene rings is 2. The summed E-state index contributed by atoms with van der Waals surface area (Å²) in [4.78, 5) is 23.8. The van der Waals surface area contributed by atoms with Crippen LogP contribution in [-0.4, -0.2) is 69.5 Å². The second kappa shape index (κ2) is 11.8. The summed E-state index contributed by atoms with van der Waals surface area (Å²) in [5.41, 5.74) is 5.36. The Morgan fingerprint density at radius 1 is 0.976 bits per heavy atom. The van der Waals surface area contributed by atoms with Crippen molar-refractivity contribution in [2.75, 3.05) is 54.4 Å². The zero-order chi connectivity index (χ0) is 29.1. The Morgan fingerprint density at radius 3 is 2.37 bits per heavy atom. The van der Waals surface area contributed by atoms with Gasteiger partial charge in [-0.2, -0.15) is 5.26 Å². The number of amides is 1. The molecule has 5 rings (SSSR count). The van der Waals surface area contributed by atoms with Crippen molar-refractivity contribution in [3.8, 4) is 6.07 Å². The number of aryl methyl sites for hydroxylation is 1. The average molecular weight is 574 g/mol. The van der Waals surface area contributed by atoms with Crippen molar-refractivity contribution in [2.24, 2.45) is 5.14 Å². The minimum absolute atomic E-state index is 0.00928. The number of hydrogen-bond donors (Lipinski definition) is 2. The molecule has 2 aromatic carbocycles. The number of piperidine rings is 1. The summed E-state index contributed by atoms with van der Waals surface area (Å²) >= 11 is 0. The summed E-state index contributed by atoms with van der Waals surface area (Å²) in [5.74, 6) is 0.281. The number of carbonyl (C=O) groups excluding carboxylic acids is 1. The zero-order valence-electron chi connectivity index (χ0n) is 23.4. The number of sulfonamides is 1. The molecule has 2 fully saturated rings. The highest BCUT2D eigenvalue weighted by Gasteiger charge is 2.28. The van der Waals surface area contributed by atoms with Gasteiger partial charge in [0.1, 0.15) is 16.8 Å². The third-order valence-electron chi connectivity index (χ3n) is 8.04.